The maximum absolute atomic E-state index is 6.35. The summed E-state index contributed by atoms with van der Waals surface area (Å²) in [4.78, 5) is 13.5. The van der Waals surface area contributed by atoms with Crippen LogP contribution in [0.5, 0.6) is 17.2 Å². The van der Waals surface area contributed by atoms with Gasteiger partial charge in [0.15, 0.2) is 11.5 Å². The fraction of sp³-hybridized carbons (Fsp3) is 0.346. The average Bonchev–Trinajstić information content (AvgIpc) is 2.86. The molecule has 0 aliphatic rings. The van der Waals surface area contributed by atoms with E-state index in [4.69, 9.17) is 25.7 Å². The Labute approximate surface area is 199 Å². The summed E-state index contributed by atoms with van der Waals surface area (Å²) in [7, 11) is 1.63. The van der Waals surface area contributed by atoms with E-state index in [1.54, 1.807) is 25.7 Å². The van der Waals surface area contributed by atoms with Crippen LogP contribution in [0.1, 0.15) is 33.1 Å². The minimum absolute atomic E-state index is 0.0252. The highest BCUT2D eigenvalue weighted by Gasteiger charge is 2.14. The fourth-order valence-electron chi connectivity index (χ4n) is 3.64. The van der Waals surface area contributed by atoms with E-state index < -0.39 is 0 Å². The maximum Gasteiger partial charge on any atom is 0.163 e. The van der Waals surface area contributed by atoms with Crippen LogP contribution in [0.25, 0.3) is 32.9 Å². The Morgan fingerprint density at radius 1 is 0.941 bits per heavy atom. The van der Waals surface area contributed by atoms with Crippen LogP contribution in [0.2, 0.25) is 0 Å². The van der Waals surface area contributed by atoms with Crippen molar-refractivity contribution in [2.24, 2.45) is 5.73 Å². The third-order valence-corrected chi connectivity index (χ3v) is 5.75. The third-order valence-electron chi connectivity index (χ3n) is 5.75. The van der Waals surface area contributed by atoms with Gasteiger partial charge in [0.05, 0.1) is 31.1 Å². The molecule has 4 aromatic rings. The van der Waals surface area contributed by atoms with Gasteiger partial charge in [-0.05, 0) is 36.4 Å². The molecule has 178 valence electrons. The molecule has 4 rings (SSSR count). The zero-order chi connectivity index (χ0) is 24.1. The van der Waals surface area contributed by atoms with Gasteiger partial charge in [-0.2, -0.15) is 0 Å². The maximum atomic E-state index is 6.35. The first-order chi connectivity index (χ1) is 16.5. The Hall–Kier alpha value is -3.65. The predicted octanol–water partition coefficient (Wildman–Crippen LogP) is 4.73. The molecule has 0 saturated carbocycles. The Bertz CT molecular complexity index is 1290. The average molecular weight is 462 g/mol. The summed E-state index contributed by atoms with van der Waals surface area (Å²) in [6.07, 6.45) is 8.02. The van der Waals surface area contributed by atoms with Gasteiger partial charge in [-0.15, -0.1) is 0 Å². The Morgan fingerprint density at radius 2 is 1.79 bits per heavy atom. The standard InChI is InChI=1S/C26H31N5O3/c1-4-6-7-33-25-11-23-20(10-24(25)32-3)19-9-22(31-26(28)21(19)14-30-23)16-8-18(13-29-12-16)34-15-17(27)5-2/h8-14,17H,4-7,15,27H2,1-3H3,(H2,28,31)/t17-/m0/s1. The second-order valence-corrected chi connectivity index (χ2v) is 8.22. The number of methoxy groups -OCH3 is 1. The SMILES string of the molecule is CCCCOc1cc2ncc3c(N)nc(-c4cncc(OC[C@@H](N)CC)c4)cc3c2cc1OC. The normalized spacial score (nSPS) is 12.1. The predicted molar refractivity (Wildman–Crippen MR) is 135 cm³/mol. The zero-order valence-corrected chi connectivity index (χ0v) is 19.9. The summed E-state index contributed by atoms with van der Waals surface area (Å²) in [5, 5.41) is 2.60. The van der Waals surface area contributed by atoms with Crippen LogP contribution in [0.15, 0.2) is 42.9 Å². The molecule has 34 heavy (non-hydrogen) atoms. The molecule has 8 nitrogen and oxygen atoms in total. The summed E-state index contributed by atoms with van der Waals surface area (Å²) in [5.41, 5.74) is 14.6. The second kappa shape index (κ2) is 10.5. The van der Waals surface area contributed by atoms with Gasteiger partial charge >= 0.3 is 0 Å². The monoisotopic (exact) mass is 461 g/mol. The first-order valence-corrected chi connectivity index (χ1v) is 11.6. The van der Waals surface area contributed by atoms with Gasteiger partial charge < -0.3 is 25.7 Å². The topological polar surface area (TPSA) is 118 Å². The summed E-state index contributed by atoms with van der Waals surface area (Å²) >= 11 is 0. The number of hydrogen-bond donors (Lipinski definition) is 2. The Balaban J connectivity index is 1.77. The molecule has 0 aliphatic carbocycles. The lowest BCUT2D eigenvalue weighted by molar-refractivity contribution is 0.284. The van der Waals surface area contributed by atoms with Crippen molar-refractivity contribution in [1.82, 2.24) is 15.0 Å². The lowest BCUT2D eigenvalue weighted by Gasteiger charge is -2.14. The van der Waals surface area contributed by atoms with E-state index >= 15 is 0 Å². The van der Waals surface area contributed by atoms with Crippen molar-refractivity contribution < 1.29 is 14.2 Å². The fourth-order valence-corrected chi connectivity index (χ4v) is 3.64. The molecule has 0 radical (unpaired) electrons. The van der Waals surface area contributed by atoms with E-state index in [9.17, 15) is 0 Å². The first kappa shape index (κ1) is 23.5. The molecule has 8 heteroatoms. The van der Waals surface area contributed by atoms with E-state index in [1.807, 2.05) is 31.2 Å². The van der Waals surface area contributed by atoms with Crippen LogP contribution in [0.3, 0.4) is 0 Å². The van der Waals surface area contributed by atoms with E-state index in [-0.39, 0.29) is 6.04 Å². The number of rotatable bonds is 10. The van der Waals surface area contributed by atoms with Crippen LogP contribution in [0, 0.1) is 0 Å². The number of anilines is 1. The Kier molecular flexibility index (Phi) is 7.27. The first-order valence-electron chi connectivity index (χ1n) is 11.6. The smallest absolute Gasteiger partial charge is 0.163 e. The molecule has 0 fully saturated rings. The zero-order valence-electron chi connectivity index (χ0n) is 19.9. The van der Waals surface area contributed by atoms with Gasteiger partial charge in [0.2, 0.25) is 0 Å². The molecule has 0 spiro atoms. The van der Waals surface area contributed by atoms with Crippen molar-refractivity contribution in [3.8, 4) is 28.5 Å². The van der Waals surface area contributed by atoms with Crippen molar-refractivity contribution in [3.05, 3.63) is 42.9 Å². The van der Waals surface area contributed by atoms with Crippen molar-refractivity contribution in [2.45, 2.75) is 39.2 Å². The highest BCUT2D eigenvalue weighted by atomic mass is 16.5. The number of nitrogens with zero attached hydrogens (tertiary/aromatic N) is 3. The molecular weight excluding hydrogens is 430 g/mol. The summed E-state index contributed by atoms with van der Waals surface area (Å²) in [6, 6.07) is 7.71. The summed E-state index contributed by atoms with van der Waals surface area (Å²) < 4.78 is 17.4. The minimum Gasteiger partial charge on any atom is -0.493 e. The van der Waals surface area contributed by atoms with Crippen LogP contribution in [-0.4, -0.2) is 41.3 Å². The van der Waals surface area contributed by atoms with Gasteiger partial charge in [0.1, 0.15) is 18.2 Å². The Morgan fingerprint density at radius 3 is 2.56 bits per heavy atom. The molecule has 0 unspecified atom stereocenters. The lowest BCUT2D eigenvalue weighted by Crippen LogP contribution is -2.26. The number of hydrogen-bond acceptors (Lipinski definition) is 8. The lowest BCUT2D eigenvalue weighted by atomic mass is 10.0. The molecule has 0 aliphatic heterocycles. The van der Waals surface area contributed by atoms with Crippen LogP contribution >= 0.6 is 0 Å². The van der Waals surface area contributed by atoms with Crippen LogP contribution in [0.4, 0.5) is 5.82 Å². The van der Waals surface area contributed by atoms with Crippen molar-refractivity contribution in [3.63, 3.8) is 0 Å². The van der Waals surface area contributed by atoms with E-state index in [0.717, 1.165) is 46.5 Å². The summed E-state index contributed by atoms with van der Waals surface area (Å²) in [5.74, 6) is 2.36. The van der Waals surface area contributed by atoms with Crippen molar-refractivity contribution >= 4 is 27.5 Å². The molecule has 0 saturated heterocycles. The van der Waals surface area contributed by atoms with Gasteiger partial charge in [0.25, 0.3) is 0 Å². The second-order valence-electron chi connectivity index (χ2n) is 8.22. The van der Waals surface area contributed by atoms with E-state index in [0.29, 0.717) is 42.0 Å². The largest absolute Gasteiger partial charge is 0.493 e. The van der Waals surface area contributed by atoms with Crippen molar-refractivity contribution in [2.75, 3.05) is 26.1 Å². The van der Waals surface area contributed by atoms with Crippen LogP contribution in [-0.2, 0) is 0 Å². The number of fused-ring (bicyclic) bond motifs is 3. The molecule has 3 aromatic heterocycles. The molecule has 0 bridgehead atoms. The van der Waals surface area contributed by atoms with Crippen LogP contribution < -0.4 is 25.7 Å². The molecule has 1 atom stereocenters. The third kappa shape index (κ3) is 4.97. The molecule has 1 aromatic carbocycles. The number of pyridine rings is 3. The minimum atomic E-state index is -0.0252. The number of benzene rings is 1. The molecule has 3 heterocycles. The van der Waals surface area contributed by atoms with Gasteiger partial charge in [0, 0.05) is 40.8 Å². The molecular formula is C26H31N5O3. The number of aromatic nitrogens is 3. The highest BCUT2D eigenvalue weighted by Crippen LogP contribution is 2.37. The molecule has 4 N–H and O–H groups in total. The van der Waals surface area contributed by atoms with Gasteiger partial charge in [-0.3, -0.25) is 9.97 Å². The van der Waals surface area contributed by atoms with Gasteiger partial charge in [-0.1, -0.05) is 20.3 Å². The van der Waals surface area contributed by atoms with E-state index in [1.165, 1.54) is 0 Å². The molecule has 0 amide bonds. The van der Waals surface area contributed by atoms with Gasteiger partial charge in [-0.25, -0.2) is 4.98 Å². The number of ether oxygens (including phenoxy) is 3. The van der Waals surface area contributed by atoms with Crippen molar-refractivity contribution in [1.29, 1.82) is 0 Å². The highest BCUT2D eigenvalue weighted by molar-refractivity contribution is 6.10. The van der Waals surface area contributed by atoms with E-state index in [2.05, 4.69) is 21.9 Å². The number of nitrogen functional groups attached to an aromatic ring is 1. The quantitative estimate of drug-likeness (QED) is 0.257. The summed E-state index contributed by atoms with van der Waals surface area (Å²) in [6.45, 7) is 5.20. The number of unbranched alkanes of at least 4 members (excludes halogenated alkanes) is 1. The number of nitrogens with two attached hydrogens (primary N) is 2.